The molecular weight excluding hydrogens is 264 g/mol. The maximum atomic E-state index is 12.4. The molecule has 0 aromatic carbocycles. The zero-order valence-electron chi connectivity index (χ0n) is 14.3. The van der Waals surface area contributed by atoms with Crippen LogP contribution in [0.4, 0.5) is 5.82 Å². The number of anilines is 1. The Balaban J connectivity index is 2.90. The number of aromatic nitrogens is 2. The van der Waals surface area contributed by atoms with E-state index in [4.69, 9.17) is 0 Å². The zero-order valence-corrected chi connectivity index (χ0v) is 14.3. The first-order valence-corrected chi connectivity index (χ1v) is 7.76. The highest BCUT2D eigenvalue weighted by atomic mass is 16.1. The summed E-state index contributed by atoms with van der Waals surface area (Å²) in [5.74, 6) is 1.47. The van der Waals surface area contributed by atoms with Crippen LogP contribution in [0.3, 0.4) is 0 Å². The molecule has 0 aliphatic heterocycles. The Kier molecular flexibility index (Phi) is 6.89. The highest BCUT2D eigenvalue weighted by molar-refractivity contribution is 5.32. The third kappa shape index (κ3) is 6.29. The lowest BCUT2D eigenvalue weighted by molar-refractivity contribution is 0.355. The van der Waals surface area contributed by atoms with E-state index in [2.05, 4.69) is 42.9 Å². The molecule has 5 nitrogen and oxygen atoms in total. The first kappa shape index (κ1) is 17.7. The average molecular weight is 294 g/mol. The molecule has 1 aromatic heterocycles. The molecule has 0 fully saturated rings. The minimum atomic E-state index is -0.0290. The number of hydrogen-bond acceptors (Lipinski definition) is 4. The molecule has 1 N–H and O–H groups in total. The van der Waals surface area contributed by atoms with E-state index >= 15 is 0 Å². The summed E-state index contributed by atoms with van der Waals surface area (Å²) in [6, 6.07) is 0.232. The van der Waals surface area contributed by atoms with Gasteiger partial charge >= 0.3 is 0 Å². The van der Waals surface area contributed by atoms with Gasteiger partial charge in [0.15, 0.2) is 5.82 Å². The van der Waals surface area contributed by atoms with Gasteiger partial charge in [-0.2, -0.15) is 0 Å². The summed E-state index contributed by atoms with van der Waals surface area (Å²) in [6.07, 6.45) is 4.48. The van der Waals surface area contributed by atoms with E-state index in [1.54, 1.807) is 17.0 Å². The number of nitrogens with one attached hydrogen (secondary N) is 1. The first-order valence-electron chi connectivity index (χ1n) is 7.76. The summed E-state index contributed by atoms with van der Waals surface area (Å²) in [5, 5.41) is 3.34. The Labute approximate surface area is 128 Å². The molecule has 1 heterocycles. The summed E-state index contributed by atoms with van der Waals surface area (Å²) in [6.45, 7) is 10.2. The fourth-order valence-corrected chi connectivity index (χ4v) is 2.47. The van der Waals surface area contributed by atoms with Gasteiger partial charge < -0.3 is 14.8 Å². The SMILES string of the molecule is CC(C)CC(CN(C)C)Nc1nccn(CC(C)C)c1=O. The van der Waals surface area contributed by atoms with Crippen LogP contribution in [0.5, 0.6) is 0 Å². The van der Waals surface area contributed by atoms with Gasteiger partial charge in [-0.15, -0.1) is 0 Å². The third-order valence-electron chi connectivity index (χ3n) is 3.16. The largest absolute Gasteiger partial charge is 0.361 e. The summed E-state index contributed by atoms with van der Waals surface area (Å²) in [4.78, 5) is 18.8. The molecule has 21 heavy (non-hydrogen) atoms. The Hall–Kier alpha value is -1.36. The number of nitrogens with zero attached hydrogens (tertiary/aromatic N) is 3. The standard InChI is InChI=1S/C16H30N4O/c1-12(2)9-14(11-19(5)6)18-15-16(21)20(8-7-17-15)10-13(3)4/h7-8,12-14H,9-11H2,1-6H3,(H,17,18). The van der Waals surface area contributed by atoms with Crippen molar-refractivity contribution in [3.05, 3.63) is 22.7 Å². The van der Waals surface area contributed by atoms with Gasteiger partial charge in [-0.1, -0.05) is 27.7 Å². The second-order valence-electron chi connectivity index (χ2n) is 6.86. The molecule has 0 amide bonds. The summed E-state index contributed by atoms with van der Waals surface area (Å²) >= 11 is 0. The van der Waals surface area contributed by atoms with Crippen LogP contribution in [0.25, 0.3) is 0 Å². The summed E-state index contributed by atoms with van der Waals surface area (Å²) in [7, 11) is 4.09. The minimum absolute atomic E-state index is 0.0290. The Morgan fingerprint density at radius 3 is 2.43 bits per heavy atom. The fourth-order valence-electron chi connectivity index (χ4n) is 2.47. The molecule has 0 saturated carbocycles. The number of hydrogen-bond donors (Lipinski definition) is 1. The molecule has 0 spiro atoms. The Morgan fingerprint density at radius 2 is 1.90 bits per heavy atom. The van der Waals surface area contributed by atoms with E-state index in [-0.39, 0.29) is 11.6 Å². The molecule has 1 aromatic rings. The molecule has 1 atom stereocenters. The van der Waals surface area contributed by atoms with E-state index in [1.807, 2.05) is 14.1 Å². The van der Waals surface area contributed by atoms with E-state index in [0.29, 0.717) is 17.7 Å². The van der Waals surface area contributed by atoms with Crippen molar-refractivity contribution >= 4 is 5.82 Å². The highest BCUT2D eigenvalue weighted by Crippen LogP contribution is 2.09. The van der Waals surface area contributed by atoms with Crippen LogP contribution in [0, 0.1) is 11.8 Å². The van der Waals surface area contributed by atoms with Gasteiger partial charge in [0.1, 0.15) is 0 Å². The quantitative estimate of drug-likeness (QED) is 0.799. The minimum Gasteiger partial charge on any atom is -0.361 e. The van der Waals surface area contributed by atoms with Gasteiger partial charge in [0.25, 0.3) is 5.56 Å². The molecule has 1 unspecified atom stereocenters. The van der Waals surface area contributed by atoms with Crippen LogP contribution in [0.15, 0.2) is 17.2 Å². The lowest BCUT2D eigenvalue weighted by atomic mass is 10.0. The van der Waals surface area contributed by atoms with Crippen molar-refractivity contribution < 1.29 is 0 Å². The highest BCUT2D eigenvalue weighted by Gasteiger charge is 2.15. The first-order chi connectivity index (χ1) is 9.79. The molecule has 1 rings (SSSR count). The predicted octanol–water partition coefficient (Wildman–Crippen LogP) is 2.29. The lowest BCUT2D eigenvalue weighted by Gasteiger charge is -2.24. The second kappa shape index (κ2) is 8.17. The van der Waals surface area contributed by atoms with E-state index in [9.17, 15) is 4.79 Å². The topological polar surface area (TPSA) is 50.2 Å². The maximum absolute atomic E-state index is 12.4. The van der Waals surface area contributed by atoms with Crippen LogP contribution in [-0.2, 0) is 6.54 Å². The van der Waals surface area contributed by atoms with Crippen molar-refractivity contribution in [1.29, 1.82) is 0 Å². The van der Waals surface area contributed by atoms with Crippen LogP contribution in [0.2, 0.25) is 0 Å². The molecule has 0 saturated heterocycles. The van der Waals surface area contributed by atoms with E-state index in [0.717, 1.165) is 19.5 Å². The lowest BCUT2D eigenvalue weighted by Crippen LogP contribution is -2.37. The molecule has 5 heteroatoms. The van der Waals surface area contributed by atoms with Crippen molar-refractivity contribution in [3.63, 3.8) is 0 Å². The molecule has 0 aliphatic carbocycles. The Bertz CT molecular complexity index is 469. The van der Waals surface area contributed by atoms with Crippen molar-refractivity contribution in [1.82, 2.24) is 14.5 Å². The van der Waals surface area contributed by atoms with Crippen LogP contribution >= 0.6 is 0 Å². The van der Waals surface area contributed by atoms with Gasteiger partial charge in [-0.3, -0.25) is 4.79 Å². The van der Waals surface area contributed by atoms with Crippen LogP contribution in [0.1, 0.15) is 34.1 Å². The summed E-state index contributed by atoms with van der Waals surface area (Å²) < 4.78 is 1.74. The predicted molar refractivity (Wildman–Crippen MR) is 88.8 cm³/mol. The van der Waals surface area contributed by atoms with Crippen molar-refractivity contribution in [3.8, 4) is 0 Å². The second-order valence-corrected chi connectivity index (χ2v) is 6.86. The average Bonchev–Trinajstić information content (AvgIpc) is 2.32. The van der Waals surface area contributed by atoms with E-state index in [1.165, 1.54) is 0 Å². The van der Waals surface area contributed by atoms with Crippen LogP contribution in [-0.4, -0.2) is 41.1 Å². The Morgan fingerprint density at radius 1 is 1.24 bits per heavy atom. The maximum Gasteiger partial charge on any atom is 0.293 e. The molecule has 120 valence electrons. The van der Waals surface area contributed by atoms with Gasteiger partial charge in [0, 0.05) is 31.5 Å². The molecular formula is C16H30N4O. The van der Waals surface area contributed by atoms with Gasteiger partial charge in [0.2, 0.25) is 0 Å². The summed E-state index contributed by atoms with van der Waals surface area (Å²) in [5.41, 5.74) is -0.0290. The third-order valence-corrected chi connectivity index (χ3v) is 3.16. The normalized spacial score (nSPS) is 13.2. The van der Waals surface area contributed by atoms with E-state index < -0.39 is 0 Å². The smallest absolute Gasteiger partial charge is 0.293 e. The molecule has 0 radical (unpaired) electrons. The van der Waals surface area contributed by atoms with Gasteiger partial charge in [-0.05, 0) is 32.4 Å². The van der Waals surface area contributed by atoms with Crippen molar-refractivity contribution in [2.75, 3.05) is 26.0 Å². The van der Waals surface area contributed by atoms with Gasteiger partial charge in [0.05, 0.1) is 0 Å². The monoisotopic (exact) mass is 294 g/mol. The van der Waals surface area contributed by atoms with Crippen molar-refractivity contribution in [2.45, 2.75) is 46.7 Å². The molecule has 0 aliphatic rings. The van der Waals surface area contributed by atoms with Crippen molar-refractivity contribution in [2.24, 2.45) is 11.8 Å². The number of likely N-dealkylation sites (N-methyl/N-ethyl adjacent to an activating group) is 1. The fraction of sp³-hybridized carbons (Fsp3) is 0.750. The van der Waals surface area contributed by atoms with Gasteiger partial charge in [-0.25, -0.2) is 4.98 Å². The zero-order chi connectivity index (χ0) is 16.0. The van der Waals surface area contributed by atoms with Crippen LogP contribution < -0.4 is 10.9 Å². The molecule has 0 bridgehead atoms. The number of rotatable bonds is 8.